The van der Waals surface area contributed by atoms with Gasteiger partial charge in [0, 0.05) is 18.2 Å². The minimum Gasteiger partial charge on any atom is -0.350 e. The van der Waals surface area contributed by atoms with Gasteiger partial charge in [-0.1, -0.05) is 18.2 Å². The van der Waals surface area contributed by atoms with Crippen molar-refractivity contribution in [3.05, 3.63) is 53.1 Å². The summed E-state index contributed by atoms with van der Waals surface area (Å²) in [4.78, 5) is 11.9. The quantitative estimate of drug-likeness (QED) is 0.879. The van der Waals surface area contributed by atoms with Gasteiger partial charge in [-0.25, -0.2) is 4.39 Å². The number of halogens is 1. The molecule has 0 spiro atoms. The maximum absolute atomic E-state index is 13.4. The van der Waals surface area contributed by atoms with E-state index in [0.717, 1.165) is 18.5 Å². The summed E-state index contributed by atoms with van der Waals surface area (Å²) in [6.45, 7) is 0.394. The lowest BCUT2D eigenvalue weighted by Crippen LogP contribution is -2.26. The van der Waals surface area contributed by atoms with Crippen molar-refractivity contribution in [3.63, 3.8) is 0 Å². The Morgan fingerprint density at radius 2 is 2.20 bits per heavy atom. The van der Waals surface area contributed by atoms with Crippen LogP contribution in [0.2, 0.25) is 0 Å². The number of aromatic nitrogens is 2. The topological polar surface area (TPSA) is 57.8 Å². The van der Waals surface area contributed by atoms with Crippen LogP contribution in [0.15, 0.2) is 30.3 Å². The third-order valence-electron chi connectivity index (χ3n) is 3.49. The number of H-pyrrole nitrogens is 1. The van der Waals surface area contributed by atoms with Gasteiger partial charge in [-0.2, -0.15) is 5.10 Å². The highest BCUT2D eigenvalue weighted by Crippen LogP contribution is 2.38. The Labute approximate surface area is 116 Å². The molecule has 1 aromatic carbocycles. The van der Waals surface area contributed by atoms with E-state index in [4.69, 9.17) is 0 Å². The number of nitrogens with one attached hydrogen (secondary N) is 2. The number of aromatic amines is 1. The first-order valence-electron chi connectivity index (χ1n) is 6.81. The fourth-order valence-electron chi connectivity index (χ4n) is 2.16. The third-order valence-corrected chi connectivity index (χ3v) is 3.49. The highest BCUT2D eigenvalue weighted by molar-refractivity contribution is 5.92. The highest BCUT2D eigenvalue weighted by atomic mass is 19.1. The van der Waals surface area contributed by atoms with Crippen molar-refractivity contribution in [1.29, 1.82) is 0 Å². The first-order valence-corrected chi connectivity index (χ1v) is 6.81. The molecule has 0 aliphatic heterocycles. The molecule has 2 aromatic rings. The molecule has 1 saturated carbocycles. The molecule has 3 rings (SSSR count). The average Bonchev–Trinajstić information content (AvgIpc) is 3.18. The van der Waals surface area contributed by atoms with Gasteiger partial charge in [-0.3, -0.25) is 9.89 Å². The van der Waals surface area contributed by atoms with Crippen molar-refractivity contribution >= 4 is 5.91 Å². The summed E-state index contributed by atoms with van der Waals surface area (Å²) >= 11 is 0. The minimum atomic E-state index is -0.238. The second-order valence-electron chi connectivity index (χ2n) is 5.08. The van der Waals surface area contributed by atoms with E-state index in [1.165, 1.54) is 6.07 Å². The maximum atomic E-state index is 13.4. The van der Waals surface area contributed by atoms with Crippen molar-refractivity contribution in [2.75, 3.05) is 6.54 Å². The summed E-state index contributed by atoms with van der Waals surface area (Å²) in [5.74, 6) is 0.0875. The van der Waals surface area contributed by atoms with Crippen LogP contribution in [-0.2, 0) is 6.42 Å². The van der Waals surface area contributed by atoms with E-state index in [1.807, 2.05) is 0 Å². The molecular formula is C15H16FN3O. The van der Waals surface area contributed by atoms with Gasteiger partial charge in [0.1, 0.15) is 11.5 Å². The predicted molar refractivity (Wildman–Crippen MR) is 73.0 cm³/mol. The fourth-order valence-corrected chi connectivity index (χ4v) is 2.16. The molecule has 1 fully saturated rings. The van der Waals surface area contributed by atoms with Crippen LogP contribution in [-0.4, -0.2) is 22.6 Å². The van der Waals surface area contributed by atoms with Crippen LogP contribution >= 0.6 is 0 Å². The summed E-state index contributed by atoms with van der Waals surface area (Å²) in [5, 5.41) is 9.66. The van der Waals surface area contributed by atoms with Crippen molar-refractivity contribution in [3.8, 4) is 0 Å². The molecule has 0 bridgehead atoms. The summed E-state index contributed by atoms with van der Waals surface area (Å²) in [6.07, 6.45) is 2.80. The minimum absolute atomic E-state index is 0.218. The lowest BCUT2D eigenvalue weighted by molar-refractivity contribution is 0.0949. The summed E-state index contributed by atoms with van der Waals surface area (Å²) in [5.41, 5.74) is 2.04. The van der Waals surface area contributed by atoms with E-state index in [2.05, 4.69) is 15.5 Å². The highest BCUT2D eigenvalue weighted by Gasteiger charge is 2.26. The van der Waals surface area contributed by atoms with E-state index in [0.29, 0.717) is 30.1 Å². The number of hydrogen-bond donors (Lipinski definition) is 2. The van der Waals surface area contributed by atoms with Crippen molar-refractivity contribution in [1.82, 2.24) is 15.5 Å². The fraction of sp³-hybridized carbons (Fsp3) is 0.333. The van der Waals surface area contributed by atoms with Crippen LogP contribution < -0.4 is 5.32 Å². The van der Waals surface area contributed by atoms with Gasteiger partial charge in [0.15, 0.2) is 0 Å². The Balaban J connectivity index is 1.52. The molecule has 104 valence electrons. The van der Waals surface area contributed by atoms with Crippen LogP contribution in [0.3, 0.4) is 0 Å². The Bertz CT molecular complexity index is 619. The number of carbonyl (C=O) groups excluding carboxylic acids is 1. The van der Waals surface area contributed by atoms with Gasteiger partial charge in [0.2, 0.25) is 0 Å². The number of nitrogens with zero attached hydrogens (tertiary/aromatic N) is 1. The average molecular weight is 273 g/mol. The van der Waals surface area contributed by atoms with Crippen LogP contribution in [0, 0.1) is 5.82 Å². The molecule has 0 radical (unpaired) electrons. The Morgan fingerprint density at radius 1 is 1.40 bits per heavy atom. The van der Waals surface area contributed by atoms with Gasteiger partial charge >= 0.3 is 0 Å². The summed E-state index contributed by atoms with van der Waals surface area (Å²) in [7, 11) is 0. The monoisotopic (exact) mass is 273 g/mol. The number of carbonyl (C=O) groups is 1. The molecule has 0 unspecified atom stereocenters. The first-order chi connectivity index (χ1) is 9.74. The zero-order valence-corrected chi connectivity index (χ0v) is 11.0. The molecule has 1 aliphatic rings. The van der Waals surface area contributed by atoms with E-state index >= 15 is 0 Å². The Kier molecular flexibility index (Phi) is 3.50. The van der Waals surface area contributed by atoms with Crippen molar-refractivity contribution in [2.24, 2.45) is 0 Å². The van der Waals surface area contributed by atoms with Gasteiger partial charge in [0.25, 0.3) is 5.91 Å². The van der Waals surface area contributed by atoms with Crippen molar-refractivity contribution in [2.45, 2.75) is 25.2 Å². The molecule has 20 heavy (non-hydrogen) atoms. The van der Waals surface area contributed by atoms with E-state index in [1.54, 1.807) is 24.3 Å². The van der Waals surface area contributed by atoms with Gasteiger partial charge < -0.3 is 5.32 Å². The molecule has 1 aromatic heterocycles. The Morgan fingerprint density at radius 3 is 2.95 bits per heavy atom. The van der Waals surface area contributed by atoms with Crippen molar-refractivity contribution < 1.29 is 9.18 Å². The zero-order valence-electron chi connectivity index (χ0n) is 11.0. The first kappa shape index (κ1) is 12.8. The number of rotatable bonds is 5. The molecule has 1 aliphatic carbocycles. The van der Waals surface area contributed by atoms with E-state index in [-0.39, 0.29) is 11.7 Å². The van der Waals surface area contributed by atoms with Gasteiger partial charge in [-0.05, 0) is 37.0 Å². The predicted octanol–water partition coefficient (Wildman–Crippen LogP) is 2.40. The number of benzene rings is 1. The smallest absolute Gasteiger partial charge is 0.271 e. The summed E-state index contributed by atoms with van der Waals surface area (Å²) < 4.78 is 13.4. The largest absolute Gasteiger partial charge is 0.350 e. The molecule has 1 heterocycles. The van der Waals surface area contributed by atoms with E-state index < -0.39 is 0 Å². The molecule has 2 N–H and O–H groups in total. The van der Waals surface area contributed by atoms with Crippen LogP contribution in [0.25, 0.3) is 0 Å². The lowest BCUT2D eigenvalue weighted by Gasteiger charge is -2.04. The number of hydrogen-bond acceptors (Lipinski definition) is 2. The Hall–Kier alpha value is -2.17. The molecule has 1 amide bonds. The molecule has 0 atom stereocenters. The standard InChI is InChI=1S/C15H16FN3O/c16-12-4-2-1-3-10(12)7-8-17-15(20)14-9-13(18-19-14)11-5-6-11/h1-4,9,11H,5-8H2,(H,17,20)(H,18,19). The lowest BCUT2D eigenvalue weighted by atomic mass is 10.1. The normalized spacial score (nSPS) is 14.2. The maximum Gasteiger partial charge on any atom is 0.271 e. The van der Waals surface area contributed by atoms with Gasteiger partial charge in [0.05, 0.1) is 0 Å². The molecule has 5 heteroatoms. The second kappa shape index (κ2) is 5.45. The van der Waals surface area contributed by atoms with Crippen LogP contribution in [0.5, 0.6) is 0 Å². The molecule has 0 saturated heterocycles. The summed E-state index contributed by atoms with van der Waals surface area (Å²) in [6, 6.07) is 8.39. The third kappa shape index (κ3) is 2.87. The SMILES string of the molecule is O=C(NCCc1ccccc1F)c1cc(C2CC2)[nH]n1. The van der Waals surface area contributed by atoms with E-state index in [9.17, 15) is 9.18 Å². The zero-order chi connectivity index (χ0) is 13.9. The molecular weight excluding hydrogens is 257 g/mol. The van der Waals surface area contributed by atoms with Crippen LogP contribution in [0.1, 0.15) is 40.5 Å². The molecule has 4 nitrogen and oxygen atoms in total. The van der Waals surface area contributed by atoms with Gasteiger partial charge in [-0.15, -0.1) is 0 Å². The second-order valence-corrected chi connectivity index (χ2v) is 5.08. The van der Waals surface area contributed by atoms with Crippen LogP contribution in [0.4, 0.5) is 4.39 Å². The number of amides is 1.